The van der Waals surface area contributed by atoms with Crippen molar-refractivity contribution in [3.8, 4) is 22.9 Å². The lowest BCUT2D eigenvalue weighted by atomic mass is 10.0. The molecule has 0 saturated carbocycles. The maximum Gasteiger partial charge on any atom is 0.321 e. The molecule has 2 amide bonds. The number of rotatable bonds is 5. The van der Waals surface area contributed by atoms with Crippen molar-refractivity contribution in [3.05, 3.63) is 54.4 Å². The molecule has 1 N–H and O–H groups in total. The smallest absolute Gasteiger partial charge is 0.321 e. The summed E-state index contributed by atoms with van der Waals surface area (Å²) in [4.78, 5) is 18.5. The maximum atomic E-state index is 12.3. The molecule has 0 radical (unpaired) electrons. The molecule has 2 heterocycles. The van der Waals surface area contributed by atoms with Crippen LogP contribution in [0.4, 0.5) is 10.5 Å². The van der Waals surface area contributed by atoms with Crippen LogP contribution in [0, 0.1) is 0 Å². The average Bonchev–Trinajstić information content (AvgIpc) is 3.17. The Morgan fingerprint density at radius 1 is 1.11 bits per heavy atom. The third-order valence-corrected chi connectivity index (χ3v) is 4.65. The Balaban J connectivity index is 1.36. The summed E-state index contributed by atoms with van der Waals surface area (Å²) in [6, 6.07) is 14.5. The minimum Gasteiger partial charge on any atom is -0.497 e. The van der Waals surface area contributed by atoms with Gasteiger partial charge in [-0.2, -0.15) is 4.98 Å². The summed E-state index contributed by atoms with van der Waals surface area (Å²) < 4.78 is 15.9. The highest BCUT2D eigenvalue weighted by Crippen LogP contribution is 2.31. The molecule has 1 fully saturated rings. The number of hydrogen-bond donors (Lipinski definition) is 1. The second-order valence-electron chi connectivity index (χ2n) is 6.42. The van der Waals surface area contributed by atoms with Gasteiger partial charge in [-0.15, -0.1) is 0 Å². The number of benzene rings is 2. The van der Waals surface area contributed by atoms with Crippen molar-refractivity contribution in [2.75, 3.05) is 32.6 Å². The van der Waals surface area contributed by atoms with Crippen molar-refractivity contribution in [1.82, 2.24) is 15.0 Å². The molecule has 3 aromatic rings. The monoisotopic (exact) mass is 380 g/mol. The summed E-state index contributed by atoms with van der Waals surface area (Å²) in [5, 5.41) is 6.92. The van der Waals surface area contributed by atoms with Crippen molar-refractivity contribution >= 4 is 11.7 Å². The largest absolute Gasteiger partial charge is 0.497 e. The first-order chi connectivity index (χ1) is 13.7. The fourth-order valence-corrected chi connectivity index (χ4v) is 3.02. The molecule has 0 spiro atoms. The molecule has 0 unspecified atom stereocenters. The topological polar surface area (TPSA) is 89.7 Å². The number of ether oxygens (including phenoxy) is 2. The van der Waals surface area contributed by atoms with Gasteiger partial charge in [0.1, 0.15) is 11.5 Å². The van der Waals surface area contributed by atoms with Gasteiger partial charge in [0.15, 0.2) is 0 Å². The molecule has 0 atom stereocenters. The second kappa shape index (κ2) is 7.59. The quantitative estimate of drug-likeness (QED) is 0.730. The van der Waals surface area contributed by atoms with E-state index < -0.39 is 0 Å². The number of anilines is 1. The van der Waals surface area contributed by atoms with Crippen molar-refractivity contribution in [2.45, 2.75) is 5.92 Å². The zero-order valence-electron chi connectivity index (χ0n) is 15.6. The van der Waals surface area contributed by atoms with Crippen LogP contribution in [0.5, 0.6) is 11.5 Å². The van der Waals surface area contributed by atoms with Crippen LogP contribution < -0.4 is 14.8 Å². The van der Waals surface area contributed by atoms with Crippen LogP contribution >= 0.6 is 0 Å². The summed E-state index contributed by atoms with van der Waals surface area (Å²) in [6.45, 7) is 1.05. The molecule has 28 heavy (non-hydrogen) atoms. The van der Waals surface area contributed by atoms with Gasteiger partial charge in [-0.1, -0.05) is 17.3 Å². The van der Waals surface area contributed by atoms with Gasteiger partial charge in [0.25, 0.3) is 0 Å². The van der Waals surface area contributed by atoms with E-state index in [0.29, 0.717) is 36.2 Å². The normalized spacial score (nSPS) is 13.7. The van der Waals surface area contributed by atoms with E-state index in [4.69, 9.17) is 14.0 Å². The van der Waals surface area contributed by atoms with E-state index >= 15 is 0 Å². The lowest BCUT2D eigenvalue weighted by Gasteiger charge is -2.36. The summed E-state index contributed by atoms with van der Waals surface area (Å²) in [5.41, 5.74) is 1.49. The Bertz CT molecular complexity index is 964. The van der Waals surface area contributed by atoms with E-state index in [-0.39, 0.29) is 11.9 Å². The molecule has 8 nitrogen and oxygen atoms in total. The van der Waals surface area contributed by atoms with E-state index in [0.717, 1.165) is 11.3 Å². The standard InChI is InChI=1S/C20H20N4O4/c1-26-15-9-7-14(8-10-15)21-20(25)24-11-13(12-24)19-22-18(23-28-19)16-5-3-4-6-17(16)27-2/h3-10,13H,11-12H2,1-2H3,(H,21,25). The Morgan fingerprint density at radius 2 is 1.86 bits per heavy atom. The van der Waals surface area contributed by atoms with Gasteiger partial charge >= 0.3 is 6.03 Å². The molecule has 1 aliphatic heterocycles. The minimum atomic E-state index is -0.161. The van der Waals surface area contributed by atoms with Gasteiger partial charge in [-0.05, 0) is 36.4 Å². The van der Waals surface area contributed by atoms with Gasteiger partial charge in [-0.25, -0.2) is 4.79 Å². The third kappa shape index (κ3) is 3.48. The summed E-state index contributed by atoms with van der Waals surface area (Å²) in [7, 11) is 3.20. The number of nitrogens with one attached hydrogen (secondary N) is 1. The van der Waals surface area contributed by atoms with Gasteiger partial charge in [0.05, 0.1) is 25.7 Å². The zero-order chi connectivity index (χ0) is 19.5. The molecule has 8 heteroatoms. The molecule has 0 aliphatic carbocycles. The molecular weight excluding hydrogens is 360 g/mol. The molecule has 1 aliphatic rings. The number of para-hydroxylation sites is 1. The lowest BCUT2D eigenvalue weighted by molar-refractivity contribution is 0.147. The molecular formula is C20H20N4O4. The van der Waals surface area contributed by atoms with Gasteiger partial charge in [0.2, 0.25) is 11.7 Å². The highest BCUT2D eigenvalue weighted by molar-refractivity contribution is 5.90. The van der Waals surface area contributed by atoms with Crippen LogP contribution in [-0.4, -0.2) is 48.4 Å². The lowest BCUT2D eigenvalue weighted by Crippen LogP contribution is -2.50. The van der Waals surface area contributed by atoms with E-state index in [1.807, 2.05) is 24.3 Å². The molecule has 144 valence electrons. The van der Waals surface area contributed by atoms with Crippen molar-refractivity contribution in [3.63, 3.8) is 0 Å². The van der Waals surface area contributed by atoms with Crippen molar-refractivity contribution in [2.24, 2.45) is 0 Å². The van der Waals surface area contributed by atoms with E-state index in [2.05, 4.69) is 15.5 Å². The van der Waals surface area contributed by atoms with Gasteiger partial charge in [0, 0.05) is 18.8 Å². The second-order valence-corrected chi connectivity index (χ2v) is 6.42. The highest BCUT2D eigenvalue weighted by atomic mass is 16.5. The van der Waals surface area contributed by atoms with Crippen LogP contribution in [-0.2, 0) is 0 Å². The maximum absolute atomic E-state index is 12.3. The number of amides is 2. The van der Waals surface area contributed by atoms with Gasteiger partial charge < -0.3 is 24.2 Å². The fourth-order valence-electron chi connectivity index (χ4n) is 3.02. The molecule has 2 aromatic carbocycles. The number of carbonyl (C=O) groups excluding carboxylic acids is 1. The number of likely N-dealkylation sites (tertiary alicyclic amines) is 1. The molecule has 4 rings (SSSR count). The van der Waals surface area contributed by atoms with E-state index in [1.165, 1.54) is 0 Å². The number of carbonyl (C=O) groups is 1. The molecule has 0 bridgehead atoms. The Kier molecular flexibility index (Phi) is 4.84. The Labute approximate surface area is 162 Å². The van der Waals surface area contributed by atoms with Crippen molar-refractivity contribution in [1.29, 1.82) is 0 Å². The van der Waals surface area contributed by atoms with E-state index in [9.17, 15) is 4.79 Å². The van der Waals surface area contributed by atoms with Crippen LogP contribution in [0.3, 0.4) is 0 Å². The highest BCUT2D eigenvalue weighted by Gasteiger charge is 2.36. The first-order valence-electron chi connectivity index (χ1n) is 8.85. The van der Waals surface area contributed by atoms with Crippen LogP contribution in [0.2, 0.25) is 0 Å². The molecule has 1 saturated heterocycles. The first kappa shape index (κ1) is 17.8. The average molecular weight is 380 g/mol. The van der Waals surface area contributed by atoms with E-state index in [1.54, 1.807) is 43.4 Å². The number of methoxy groups -OCH3 is 2. The minimum absolute atomic E-state index is 0.0255. The first-order valence-corrected chi connectivity index (χ1v) is 8.85. The molecule has 1 aromatic heterocycles. The predicted molar refractivity (Wildman–Crippen MR) is 103 cm³/mol. The number of aromatic nitrogens is 2. The van der Waals surface area contributed by atoms with Crippen LogP contribution in [0.1, 0.15) is 11.8 Å². The SMILES string of the molecule is COc1ccc(NC(=O)N2CC(c3nc(-c4ccccc4OC)no3)C2)cc1. The van der Waals surface area contributed by atoms with Crippen molar-refractivity contribution < 1.29 is 18.8 Å². The predicted octanol–water partition coefficient (Wildman–Crippen LogP) is 3.39. The Hall–Kier alpha value is -3.55. The zero-order valence-corrected chi connectivity index (χ0v) is 15.6. The van der Waals surface area contributed by atoms with Gasteiger partial charge in [-0.3, -0.25) is 0 Å². The summed E-state index contributed by atoms with van der Waals surface area (Å²) in [6.07, 6.45) is 0. The van der Waals surface area contributed by atoms with Crippen LogP contribution in [0.15, 0.2) is 53.1 Å². The Morgan fingerprint density at radius 3 is 2.57 bits per heavy atom. The third-order valence-electron chi connectivity index (χ3n) is 4.65. The number of urea groups is 1. The van der Waals surface area contributed by atoms with Crippen LogP contribution in [0.25, 0.3) is 11.4 Å². The number of hydrogen-bond acceptors (Lipinski definition) is 6. The number of nitrogens with zero attached hydrogens (tertiary/aromatic N) is 3. The summed E-state index contributed by atoms with van der Waals surface area (Å²) in [5.74, 6) is 2.45. The fraction of sp³-hybridized carbons (Fsp3) is 0.250. The summed E-state index contributed by atoms with van der Waals surface area (Å²) >= 11 is 0.